The smallest absolute Gasteiger partial charge is 0.282 e. The summed E-state index contributed by atoms with van der Waals surface area (Å²) in [6, 6.07) is 21.7. The van der Waals surface area contributed by atoms with Crippen molar-refractivity contribution in [1.29, 1.82) is 0 Å². The lowest BCUT2D eigenvalue weighted by Crippen LogP contribution is -2.33. The van der Waals surface area contributed by atoms with Gasteiger partial charge >= 0.3 is 0 Å². The molecule has 1 N–H and O–H groups in total. The maximum atomic E-state index is 13.5. The second-order valence-electron chi connectivity index (χ2n) is 7.30. The molecule has 0 fully saturated rings. The average molecular weight is 428 g/mol. The Hall–Kier alpha value is -4.06. The highest BCUT2D eigenvalue weighted by atomic mass is 16.5. The number of carbonyl (C=O) groups excluding carboxylic acids is 2. The maximum absolute atomic E-state index is 13.5. The van der Waals surface area contributed by atoms with Crippen LogP contribution in [0.5, 0.6) is 11.5 Å². The van der Waals surface area contributed by atoms with Gasteiger partial charge in [0.15, 0.2) is 0 Å². The SMILES string of the molecule is CCOc1cccc(NC2=C(c3ccc(OC)cc3)C(=O)N(c3ccccc3C)C2=O)c1. The van der Waals surface area contributed by atoms with Crippen LogP contribution in [0.25, 0.3) is 5.57 Å². The number of nitrogens with one attached hydrogen (secondary N) is 1. The lowest BCUT2D eigenvalue weighted by Gasteiger charge is -2.17. The number of aryl methyl sites for hydroxylation is 1. The summed E-state index contributed by atoms with van der Waals surface area (Å²) in [5.74, 6) is 0.562. The monoisotopic (exact) mass is 428 g/mol. The van der Waals surface area contributed by atoms with E-state index in [1.807, 2.05) is 50.2 Å². The normalized spacial score (nSPS) is 13.5. The van der Waals surface area contributed by atoms with E-state index in [0.717, 1.165) is 5.56 Å². The Morgan fingerprint density at radius 2 is 1.62 bits per heavy atom. The molecule has 0 saturated heterocycles. The first-order chi connectivity index (χ1) is 15.5. The fraction of sp³-hybridized carbons (Fsp3) is 0.154. The molecule has 32 heavy (non-hydrogen) atoms. The van der Waals surface area contributed by atoms with E-state index >= 15 is 0 Å². The predicted octanol–water partition coefficient (Wildman–Crippen LogP) is 4.80. The van der Waals surface area contributed by atoms with Gasteiger partial charge in [-0.3, -0.25) is 9.59 Å². The van der Waals surface area contributed by atoms with E-state index in [0.29, 0.717) is 40.6 Å². The molecule has 0 spiro atoms. The van der Waals surface area contributed by atoms with Crippen molar-refractivity contribution in [2.75, 3.05) is 23.9 Å². The number of ether oxygens (including phenoxy) is 2. The van der Waals surface area contributed by atoms with Crippen LogP contribution in [0.15, 0.2) is 78.5 Å². The summed E-state index contributed by atoms with van der Waals surface area (Å²) in [5.41, 5.74) is 3.21. The van der Waals surface area contributed by atoms with Gasteiger partial charge in [-0.2, -0.15) is 0 Å². The van der Waals surface area contributed by atoms with Gasteiger partial charge in [0.2, 0.25) is 0 Å². The Balaban J connectivity index is 1.80. The number of rotatable bonds is 7. The van der Waals surface area contributed by atoms with E-state index in [4.69, 9.17) is 9.47 Å². The third kappa shape index (κ3) is 3.95. The van der Waals surface area contributed by atoms with Gasteiger partial charge in [0.25, 0.3) is 11.8 Å². The summed E-state index contributed by atoms with van der Waals surface area (Å²) < 4.78 is 10.8. The van der Waals surface area contributed by atoms with E-state index in [-0.39, 0.29) is 11.6 Å². The van der Waals surface area contributed by atoms with Crippen LogP contribution < -0.4 is 19.7 Å². The molecule has 6 nitrogen and oxygen atoms in total. The zero-order valence-corrected chi connectivity index (χ0v) is 18.2. The molecule has 6 heteroatoms. The van der Waals surface area contributed by atoms with Crippen molar-refractivity contribution in [3.05, 3.63) is 89.6 Å². The highest BCUT2D eigenvalue weighted by Gasteiger charge is 2.40. The van der Waals surface area contributed by atoms with Crippen molar-refractivity contribution < 1.29 is 19.1 Å². The molecule has 3 aromatic carbocycles. The zero-order chi connectivity index (χ0) is 22.7. The number of imide groups is 1. The van der Waals surface area contributed by atoms with Crippen LogP contribution in [-0.2, 0) is 9.59 Å². The van der Waals surface area contributed by atoms with Gasteiger partial charge < -0.3 is 14.8 Å². The van der Waals surface area contributed by atoms with Gasteiger partial charge in [-0.15, -0.1) is 0 Å². The first kappa shape index (κ1) is 21.2. The van der Waals surface area contributed by atoms with Crippen LogP contribution in [0.3, 0.4) is 0 Å². The third-order valence-electron chi connectivity index (χ3n) is 5.23. The summed E-state index contributed by atoms with van der Waals surface area (Å²) in [6.07, 6.45) is 0. The predicted molar refractivity (Wildman–Crippen MR) is 125 cm³/mol. The third-order valence-corrected chi connectivity index (χ3v) is 5.23. The molecule has 1 aliphatic heterocycles. The summed E-state index contributed by atoms with van der Waals surface area (Å²) in [6.45, 7) is 4.31. The minimum Gasteiger partial charge on any atom is -0.497 e. The molecule has 0 radical (unpaired) electrons. The molecule has 3 aromatic rings. The number of para-hydroxylation sites is 1. The Morgan fingerprint density at radius 3 is 2.31 bits per heavy atom. The van der Waals surface area contributed by atoms with Crippen molar-refractivity contribution in [1.82, 2.24) is 0 Å². The van der Waals surface area contributed by atoms with Gasteiger partial charge in [-0.05, 0) is 55.3 Å². The van der Waals surface area contributed by atoms with Crippen molar-refractivity contribution in [3.63, 3.8) is 0 Å². The molecule has 0 aromatic heterocycles. The molecule has 0 atom stereocenters. The van der Waals surface area contributed by atoms with E-state index in [1.165, 1.54) is 4.90 Å². The zero-order valence-electron chi connectivity index (χ0n) is 18.2. The van der Waals surface area contributed by atoms with E-state index in [1.54, 1.807) is 43.5 Å². The molecule has 4 rings (SSSR count). The molecule has 0 unspecified atom stereocenters. The minimum absolute atomic E-state index is 0.220. The van der Waals surface area contributed by atoms with Crippen molar-refractivity contribution >= 4 is 28.8 Å². The van der Waals surface area contributed by atoms with Crippen LogP contribution >= 0.6 is 0 Å². The van der Waals surface area contributed by atoms with E-state index < -0.39 is 5.91 Å². The largest absolute Gasteiger partial charge is 0.497 e. The van der Waals surface area contributed by atoms with Gasteiger partial charge in [0.1, 0.15) is 17.2 Å². The Bertz CT molecular complexity index is 1200. The number of nitrogens with zero attached hydrogens (tertiary/aromatic N) is 1. The Kier molecular flexibility index (Phi) is 5.94. The number of hydrogen-bond donors (Lipinski definition) is 1. The lowest BCUT2D eigenvalue weighted by atomic mass is 10.0. The molecule has 0 aliphatic carbocycles. The van der Waals surface area contributed by atoms with Gasteiger partial charge in [-0.25, -0.2) is 4.90 Å². The second kappa shape index (κ2) is 8.98. The van der Waals surface area contributed by atoms with Gasteiger partial charge in [0.05, 0.1) is 25.0 Å². The topological polar surface area (TPSA) is 67.9 Å². The van der Waals surface area contributed by atoms with Crippen LogP contribution in [0.1, 0.15) is 18.1 Å². The molecule has 0 saturated carbocycles. The van der Waals surface area contributed by atoms with Crippen LogP contribution in [0, 0.1) is 6.92 Å². The Morgan fingerprint density at radius 1 is 0.875 bits per heavy atom. The fourth-order valence-electron chi connectivity index (χ4n) is 3.68. The standard InChI is InChI=1S/C26H24N2O4/c1-4-32-21-10-7-9-19(16-21)27-24-23(18-12-14-20(31-3)15-13-18)25(29)28(26(24)30)22-11-6-5-8-17(22)2/h5-16,27H,4H2,1-3H3. The van der Waals surface area contributed by atoms with Crippen molar-refractivity contribution in [2.24, 2.45) is 0 Å². The number of carbonyl (C=O) groups is 2. The Labute approximate surface area is 187 Å². The van der Waals surface area contributed by atoms with Gasteiger partial charge in [0, 0.05) is 11.8 Å². The van der Waals surface area contributed by atoms with Gasteiger partial charge in [-0.1, -0.05) is 36.4 Å². The molecule has 1 aliphatic rings. The molecule has 2 amide bonds. The number of anilines is 2. The van der Waals surface area contributed by atoms with Crippen LogP contribution in [0.4, 0.5) is 11.4 Å². The number of amides is 2. The summed E-state index contributed by atoms with van der Waals surface area (Å²) in [5, 5.41) is 3.17. The fourth-order valence-corrected chi connectivity index (χ4v) is 3.68. The van der Waals surface area contributed by atoms with E-state index in [2.05, 4.69) is 5.32 Å². The first-order valence-electron chi connectivity index (χ1n) is 10.4. The first-order valence-corrected chi connectivity index (χ1v) is 10.4. The molecule has 0 bridgehead atoms. The van der Waals surface area contributed by atoms with Crippen molar-refractivity contribution in [2.45, 2.75) is 13.8 Å². The summed E-state index contributed by atoms with van der Waals surface area (Å²) in [7, 11) is 1.58. The van der Waals surface area contributed by atoms with E-state index in [9.17, 15) is 9.59 Å². The second-order valence-corrected chi connectivity index (χ2v) is 7.30. The van der Waals surface area contributed by atoms with Crippen LogP contribution in [-0.4, -0.2) is 25.5 Å². The molecule has 162 valence electrons. The highest BCUT2D eigenvalue weighted by Crippen LogP contribution is 2.35. The minimum atomic E-state index is -0.406. The molecule has 1 heterocycles. The molecular formula is C26H24N2O4. The summed E-state index contributed by atoms with van der Waals surface area (Å²) in [4.78, 5) is 28.3. The number of benzene rings is 3. The lowest BCUT2D eigenvalue weighted by molar-refractivity contribution is -0.120. The molecular weight excluding hydrogens is 404 g/mol. The summed E-state index contributed by atoms with van der Waals surface area (Å²) >= 11 is 0. The highest BCUT2D eigenvalue weighted by molar-refractivity contribution is 6.46. The van der Waals surface area contributed by atoms with Crippen LogP contribution in [0.2, 0.25) is 0 Å². The maximum Gasteiger partial charge on any atom is 0.282 e. The van der Waals surface area contributed by atoms with Crippen molar-refractivity contribution in [3.8, 4) is 11.5 Å². The average Bonchev–Trinajstić information content (AvgIpc) is 3.04. The number of hydrogen-bond acceptors (Lipinski definition) is 5. The quantitative estimate of drug-likeness (QED) is 0.548. The number of methoxy groups -OCH3 is 1.